The predicted molar refractivity (Wildman–Crippen MR) is 207 cm³/mol. The first-order valence-corrected chi connectivity index (χ1v) is 17.6. The number of aromatic nitrogens is 4. The normalized spacial score (nSPS) is 14.3. The van der Waals surface area contributed by atoms with Crippen molar-refractivity contribution >= 4 is 42.1 Å². The average molecular weight is 769 g/mol. The number of para-hydroxylation sites is 2. The predicted octanol–water partition coefficient (Wildman–Crippen LogP) is 5.35. The maximum Gasteiger partial charge on any atom is 0.340 e. The molecule has 0 amide bonds. The smallest absolute Gasteiger partial charge is 0.340 e. The number of tetrazole rings is 1. The lowest BCUT2D eigenvalue weighted by Crippen LogP contribution is -3.00. The SMILES string of the molecule is Cl.O=C(O)CCN1CCC2(CC1)COc1cc(/C=C/c3ccccc3Cl)ccc12.[Cl-].c1ccc(-c2nn(-c3ccccc3)[n+](-c3ccccc3)n2)cc1. The molecular weight excluding hydrogens is 729 g/mol. The molecule has 1 fully saturated rings. The van der Waals surface area contributed by atoms with Crippen LogP contribution >= 0.6 is 24.0 Å². The van der Waals surface area contributed by atoms with E-state index in [0.717, 1.165) is 64.8 Å². The highest BCUT2D eigenvalue weighted by Crippen LogP contribution is 2.46. The Balaban J connectivity index is 0.000000200. The number of hydrogen-bond acceptors (Lipinski definition) is 5. The number of carboxylic acids is 1. The summed E-state index contributed by atoms with van der Waals surface area (Å²) in [6.07, 6.45) is 6.31. The number of rotatable bonds is 8. The molecule has 1 saturated heterocycles. The molecule has 272 valence electrons. The fourth-order valence-electron chi connectivity index (χ4n) is 6.61. The van der Waals surface area contributed by atoms with Crippen LogP contribution in [0.4, 0.5) is 0 Å². The molecule has 1 spiro atoms. The number of aliphatic carboxylic acids is 1. The number of halogens is 3. The number of likely N-dealkylation sites (tertiary alicyclic amines) is 1. The molecule has 5 aromatic carbocycles. The van der Waals surface area contributed by atoms with Crippen LogP contribution in [0.15, 0.2) is 133 Å². The minimum atomic E-state index is -0.729. The molecule has 0 aliphatic carbocycles. The van der Waals surface area contributed by atoms with E-state index in [-0.39, 0.29) is 36.6 Å². The number of piperidine rings is 1. The highest BCUT2D eigenvalue weighted by atomic mass is 35.5. The van der Waals surface area contributed by atoms with Gasteiger partial charge in [-0.25, -0.2) is 0 Å². The fraction of sp³-hybridized carbons (Fsp3) is 0.190. The summed E-state index contributed by atoms with van der Waals surface area (Å²) in [6.45, 7) is 3.19. The van der Waals surface area contributed by atoms with Crippen molar-refractivity contribution in [2.45, 2.75) is 24.7 Å². The van der Waals surface area contributed by atoms with Crippen molar-refractivity contribution in [1.29, 1.82) is 0 Å². The number of carboxylic acid groups (broad SMARTS) is 1. The monoisotopic (exact) mass is 767 g/mol. The van der Waals surface area contributed by atoms with Crippen LogP contribution in [0, 0.1) is 0 Å². The Hall–Kier alpha value is -4.99. The number of ether oxygens (including phenoxy) is 1. The van der Waals surface area contributed by atoms with Gasteiger partial charge >= 0.3 is 11.8 Å². The quantitative estimate of drug-likeness (QED) is 0.166. The highest BCUT2D eigenvalue weighted by molar-refractivity contribution is 6.32. The van der Waals surface area contributed by atoms with Gasteiger partial charge in [-0.15, -0.1) is 12.4 Å². The zero-order chi connectivity index (χ0) is 35.0. The molecule has 1 aromatic heterocycles. The molecule has 11 heteroatoms. The molecule has 0 atom stereocenters. The van der Waals surface area contributed by atoms with Gasteiger partial charge in [0, 0.05) is 27.3 Å². The van der Waals surface area contributed by atoms with Crippen molar-refractivity contribution < 1.29 is 31.8 Å². The minimum absolute atomic E-state index is 0. The second kappa shape index (κ2) is 18.2. The van der Waals surface area contributed by atoms with Gasteiger partial charge in [0.05, 0.1) is 23.7 Å². The molecule has 2 aliphatic heterocycles. The van der Waals surface area contributed by atoms with E-state index < -0.39 is 5.97 Å². The Labute approximate surface area is 327 Å². The lowest BCUT2D eigenvalue weighted by molar-refractivity contribution is -0.734. The zero-order valence-corrected chi connectivity index (χ0v) is 31.3. The van der Waals surface area contributed by atoms with Crippen molar-refractivity contribution in [3.63, 3.8) is 0 Å². The molecule has 6 aromatic rings. The van der Waals surface area contributed by atoms with E-state index in [1.807, 2.05) is 131 Å². The van der Waals surface area contributed by atoms with E-state index in [0.29, 0.717) is 19.0 Å². The molecule has 2 aliphatic rings. The summed E-state index contributed by atoms with van der Waals surface area (Å²) in [5.41, 5.74) is 6.37. The topological polar surface area (TPSA) is 84.4 Å². The summed E-state index contributed by atoms with van der Waals surface area (Å²) in [7, 11) is 0. The van der Waals surface area contributed by atoms with Gasteiger partial charge in [0.2, 0.25) is 0 Å². The van der Waals surface area contributed by atoms with Crippen LogP contribution in [0.25, 0.3) is 34.9 Å². The molecule has 0 saturated carbocycles. The molecule has 3 heterocycles. The van der Waals surface area contributed by atoms with E-state index in [1.54, 1.807) is 0 Å². The third-order valence-corrected chi connectivity index (χ3v) is 9.81. The van der Waals surface area contributed by atoms with E-state index in [2.05, 4.69) is 29.2 Å². The van der Waals surface area contributed by atoms with Crippen LogP contribution in [-0.4, -0.2) is 57.2 Å². The second-order valence-corrected chi connectivity index (χ2v) is 13.2. The number of fused-ring (bicyclic) bond motifs is 2. The molecule has 0 radical (unpaired) electrons. The zero-order valence-electron chi connectivity index (χ0n) is 29.0. The van der Waals surface area contributed by atoms with Crippen molar-refractivity contribution in [2.75, 3.05) is 26.2 Å². The molecule has 8 rings (SSSR count). The van der Waals surface area contributed by atoms with Crippen LogP contribution < -0.4 is 21.9 Å². The number of nitrogens with zero attached hydrogens (tertiary/aromatic N) is 5. The summed E-state index contributed by atoms with van der Waals surface area (Å²) in [5.74, 6) is 0.936. The first-order valence-electron chi connectivity index (χ1n) is 17.2. The Morgan fingerprint density at radius 1 is 0.849 bits per heavy atom. The molecular formula is C42H40Cl3N5O3. The molecule has 1 N–H and O–H groups in total. The first-order chi connectivity index (χ1) is 25.0. The van der Waals surface area contributed by atoms with Crippen molar-refractivity contribution in [2.24, 2.45) is 0 Å². The van der Waals surface area contributed by atoms with Crippen LogP contribution in [0.5, 0.6) is 5.75 Å². The van der Waals surface area contributed by atoms with Crippen LogP contribution in [-0.2, 0) is 10.2 Å². The number of carbonyl (C=O) groups is 1. The maximum absolute atomic E-state index is 10.8. The standard InChI is InChI=1S/C23H24ClNO3.C19H15N4.2ClH/c24-20-4-2-1-3-18(20)7-5-17-6-8-19-21(15-17)28-16-23(19)10-13-25(14-11-23)12-9-22(26)27;1-4-10-16(11-5-1)19-20-22(17-12-6-2-7-13-17)23(21-19)18-14-8-3-9-15-18;;/h1-8,15H,9-14,16H2,(H,26,27);1-15H;2*1H/q;+1;;/p-1/b7-5+;;;. The van der Waals surface area contributed by atoms with E-state index in [9.17, 15) is 4.79 Å². The van der Waals surface area contributed by atoms with Crippen molar-refractivity contribution in [3.8, 4) is 28.5 Å². The number of benzene rings is 5. The van der Waals surface area contributed by atoms with Gasteiger partial charge in [0.1, 0.15) is 11.4 Å². The van der Waals surface area contributed by atoms with Gasteiger partial charge in [-0.3, -0.25) is 4.79 Å². The van der Waals surface area contributed by atoms with Gasteiger partial charge in [-0.05, 0) is 95.5 Å². The van der Waals surface area contributed by atoms with Crippen LogP contribution in [0.2, 0.25) is 5.02 Å². The Morgan fingerprint density at radius 2 is 1.49 bits per heavy atom. The fourth-order valence-corrected chi connectivity index (χ4v) is 6.80. The second-order valence-electron chi connectivity index (χ2n) is 12.8. The Morgan fingerprint density at radius 3 is 2.17 bits per heavy atom. The lowest BCUT2D eigenvalue weighted by atomic mass is 9.74. The van der Waals surface area contributed by atoms with E-state index in [4.69, 9.17) is 31.6 Å². The van der Waals surface area contributed by atoms with Crippen LogP contribution in [0.1, 0.15) is 36.0 Å². The largest absolute Gasteiger partial charge is 1.00 e. The van der Waals surface area contributed by atoms with E-state index >= 15 is 0 Å². The highest BCUT2D eigenvalue weighted by Gasteiger charge is 2.43. The van der Waals surface area contributed by atoms with E-state index in [1.165, 1.54) is 5.56 Å². The van der Waals surface area contributed by atoms with Gasteiger partial charge in [-0.1, -0.05) is 109 Å². The number of hydrogen-bond donors (Lipinski definition) is 1. The summed E-state index contributed by atoms with van der Waals surface area (Å²) >= 11 is 6.22. The third kappa shape index (κ3) is 9.33. The van der Waals surface area contributed by atoms with Crippen molar-refractivity contribution in [1.82, 2.24) is 19.9 Å². The molecule has 8 nitrogen and oxygen atoms in total. The van der Waals surface area contributed by atoms with Crippen LogP contribution in [0.3, 0.4) is 0 Å². The van der Waals surface area contributed by atoms with Gasteiger partial charge < -0.3 is 27.2 Å². The van der Waals surface area contributed by atoms with Gasteiger partial charge in [0.25, 0.3) is 0 Å². The summed E-state index contributed by atoms with van der Waals surface area (Å²) in [5, 5.41) is 19.0. The molecule has 0 unspecified atom stereocenters. The minimum Gasteiger partial charge on any atom is -1.00 e. The summed E-state index contributed by atoms with van der Waals surface area (Å²) < 4.78 is 6.07. The van der Waals surface area contributed by atoms with Crippen molar-refractivity contribution in [3.05, 3.63) is 155 Å². The molecule has 53 heavy (non-hydrogen) atoms. The first kappa shape index (κ1) is 39.2. The van der Waals surface area contributed by atoms with Gasteiger partial charge in [-0.2, -0.15) is 0 Å². The summed E-state index contributed by atoms with van der Waals surface area (Å²) in [6, 6.07) is 44.3. The van der Waals surface area contributed by atoms with Gasteiger partial charge in [0.15, 0.2) is 5.69 Å². The Bertz CT molecular complexity index is 2060. The lowest BCUT2D eigenvalue weighted by Gasteiger charge is -2.38. The Kier molecular flexibility index (Phi) is 13.4. The molecule has 0 bridgehead atoms. The summed E-state index contributed by atoms with van der Waals surface area (Å²) in [4.78, 5) is 16.7. The maximum atomic E-state index is 10.8. The third-order valence-electron chi connectivity index (χ3n) is 9.46. The average Bonchev–Trinajstić information content (AvgIpc) is 3.78.